The first-order chi connectivity index (χ1) is 8.47. The van der Waals surface area contributed by atoms with E-state index >= 15 is 0 Å². The Hall–Kier alpha value is -1.26. The Morgan fingerprint density at radius 2 is 1.78 bits per heavy atom. The van der Waals surface area contributed by atoms with E-state index in [4.69, 9.17) is 0 Å². The van der Waals surface area contributed by atoms with E-state index in [2.05, 4.69) is 24.1 Å². The Balaban J connectivity index is 2.67. The molecule has 0 aliphatic rings. The molecule has 0 aromatic carbocycles. The standard InChI is InChI=1S/C13H19F3N2/c1-3-5-10(6-4-2)18-11-7-8-12(17-9-11)13(14,15)16/h7-10,18H,3-6H2,1-2H3. The number of halogens is 3. The van der Waals surface area contributed by atoms with Gasteiger partial charge in [-0.25, -0.2) is 4.98 Å². The molecule has 5 heteroatoms. The number of rotatable bonds is 6. The molecule has 0 saturated carbocycles. The van der Waals surface area contributed by atoms with Crippen LogP contribution in [-0.2, 0) is 6.18 Å². The number of nitrogens with zero attached hydrogens (tertiary/aromatic N) is 1. The summed E-state index contributed by atoms with van der Waals surface area (Å²) >= 11 is 0. The van der Waals surface area contributed by atoms with Crippen molar-refractivity contribution in [3.63, 3.8) is 0 Å². The minimum absolute atomic E-state index is 0.304. The van der Waals surface area contributed by atoms with E-state index in [0.717, 1.165) is 31.7 Å². The number of hydrogen-bond acceptors (Lipinski definition) is 2. The second-order valence-corrected chi connectivity index (χ2v) is 4.35. The summed E-state index contributed by atoms with van der Waals surface area (Å²) in [5.41, 5.74) is -0.203. The minimum atomic E-state index is -4.37. The summed E-state index contributed by atoms with van der Waals surface area (Å²) < 4.78 is 37.0. The van der Waals surface area contributed by atoms with Crippen molar-refractivity contribution in [1.29, 1.82) is 0 Å². The maximum absolute atomic E-state index is 12.3. The van der Waals surface area contributed by atoms with Crippen LogP contribution in [-0.4, -0.2) is 11.0 Å². The molecule has 0 aliphatic heterocycles. The highest BCUT2D eigenvalue weighted by molar-refractivity contribution is 5.42. The summed E-state index contributed by atoms with van der Waals surface area (Å²) in [5.74, 6) is 0. The number of aromatic nitrogens is 1. The van der Waals surface area contributed by atoms with E-state index in [0.29, 0.717) is 11.7 Å². The molecule has 1 aromatic heterocycles. The molecular weight excluding hydrogens is 241 g/mol. The van der Waals surface area contributed by atoms with Crippen LogP contribution in [0.2, 0.25) is 0 Å². The third-order valence-corrected chi connectivity index (χ3v) is 2.70. The zero-order valence-corrected chi connectivity index (χ0v) is 10.7. The average molecular weight is 260 g/mol. The third kappa shape index (κ3) is 4.55. The van der Waals surface area contributed by atoms with Crippen molar-refractivity contribution in [2.75, 3.05) is 5.32 Å². The second kappa shape index (κ2) is 6.61. The van der Waals surface area contributed by atoms with E-state index in [1.54, 1.807) is 0 Å². The summed E-state index contributed by atoms with van der Waals surface area (Å²) in [6, 6.07) is 2.75. The highest BCUT2D eigenvalue weighted by Gasteiger charge is 2.32. The number of pyridine rings is 1. The molecule has 18 heavy (non-hydrogen) atoms. The van der Waals surface area contributed by atoms with Crippen molar-refractivity contribution >= 4 is 5.69 Å². The van der Waals surface area contributed by atoms with Crippen molar-refractivity contribution in [1.82, 2.24) is 4.98 Å². The van der Waals surface area contributed by atoms with Gasteiger partial charge in [0.2, 0.25) is 0 Å². The highest BCUT2D eigenvalue weighted by Crippen LogP contribution is 2.28. The highest BCUT2D eigenvalue weighted by atomic mass is 19.4. The molecular formula is C13H19F3N2. The predicted molar refractivity (Wildman–Crippen MR) is 66.5 cm³/mol. The monoisotopic (exact) mass is 260 g/mol. The maximum Gasteiger partial charge on any atom is 0.433 e. The van der Waals surface area contributed by atoms with Crippen LogP contribution in [0.15, 0.2) is 18.3 Å². The van der Waals surface area contributed by atoms with Crippen LogP contribution in [0.25, 0.3) is 0 Å². The van der Waals surface area contributed by atoms with Crippen LogP contribution < -0.4 is 5.32 Å². The number of nitrogens with one attached hydrogen (secondary N) is 1. The summed E-state index contributed by atoms with van der Waals surface area (Å²) in [4.78, 5) is 3.44. The largest absolute Gasteiger partial charge is 0.433 e. The Labute approximate surface area is 106 Å². The Morgan fingerprint density at radius 3 is 2.17 bits per heavy atom. The number of anilines is 1. The lowest BCUT2D eigenvalue weighted by Crippen LogP contribution is -2.19. The predicted octanol–water partition coefficient (Wildman–Crippen LogP) is 4.48. The first kappa shape index (κ1) is 14.8. The van der Waals surface area contributed by atoms with Gasteiger partial charge >= 0.3 is 6.18 Å². The van der Waals surface area contributed by atoms with E-state index < -0.39 is 11.9 Å². The molecule has 0 aliphatic carbocycles. The molecule has 0 bridgehead atoms. The van der Waals surface area contributed by atoms with Gasteiger partial charge in [0.15, 0.2) is 0 Å². The molecule has 0 spiro atoms. The zero-order chi connectivity index (χ0) is 13.6. The summed E-state index contributed by atoms with van der Waals surface area (Å²) in [7, 11) is 0. The number of alkyl halides is 3. The first-order valence-electron chi connectivity index (χ1n) is 6.27. The summed E-state index contributed by atoms with van der Waals surface area (Å²) in [5, 5.41) is 3.23. The van der Waals surface area contributed by atoms with Crippen molar-refractivity contribution in [2.45, 2.75) is 51.7 Å². The normalized spacial score (nSPS) is 11.9. The van der Waals surface area contributed by atoms with Crippen LogP contribution in [0.4, 0.5) is 18.9 Å². The SMILES string of the molecule is CCCC(CCC)Nc1ccc(C(F)(F)F)nc1. The van der Waals surface area contributed by atoms with Gasteiger partial charge in [0.1, 0.15) is 5.69 Å². The van der Waals surface area contributed by atoms with Gasteiger partial charge in [0.05, 0.1) is 11.9 Å². The van der Waals surface area contributed by atoms with E-state index in [1.807, 2.05) is 0 Å². The van der Waals surface area contributed by atoms with Crippen LogP contribution in [0.5, 0.6) is 0 Å². The molecule has 1 rings (SSSR count). The molecule has 0 atom stereocenters. The molecule has 0 unspecified atom stereocenters. The van der Waals surface area contributed by atoms with Crippen molar-refractivity contribution < 1.29 is 13.2 Å². The van der Waals surface area contributed by atoms with E-state index in [1.165, 1.54) is 12.3 Å². The van der Waals surface area contributed by atoms with Crippen LogP contribution in [0.1, 0.15) is 45.2 Å². The maximum atomic E-state index is 12.3. The summed E-state index contributed by atoms with van der Waals surface area (Å²) in [6.07, 6.45) is 0.993. The Bertz CT molecular complexity index is 340. The van der Waals surface area contributed by atoms with Crippen LogP contribution >= 0.6 is 0 Å². The molecule has 0 amide bonds. The first-order valence-corrected chi connectivity index (χ1v) is 6.27. The minimum Gasteiger partial charge on any atom is -0.381 e. The quantitative estimate of drug-likeness (QED) is 0.815. The van der Waals surface area contributed by atoms with Crippen molar-refractivity contribution in [3.05, 3.63) is 24.0 Å². The van der Waals surface area contributed by atoms with Gasteiger partial charge in [0, 0.05) is 6.04 Å². The Kier molecular flexibility index (Phi) is 5.44. The molecule has 0 fully saturated rings. The van der Waals surface area contributed by atoms with Gasteiger partial charge in [-0.05, 0) is 25.0 Å². The second-order valence-electron chi connectivity index (χ2n) is 4.35. The smallest absolute Gasteiger partial charge is 0.381 e. The van der Waals surface area contributed by atoms with Crippen LogP contribution in [0.3, 0.4) is 0 Å². The fourth-order valence-electron chi connectivity index (χ4n) is 1.87. The Morgan fingerprint density at radius 1 is 1.17 bits per heavy atom. The van der Waals surface area contributed by atoms with Crippen molar-refractivity contribution in [3.8, 4) is 0 Å². The number of hydrogen-bond donors (Lipinski definition) is 1. The third-order valence-electron chi connectivity index (χ3n) is 2.70. The molecule has 1 heterocycles. The van der Waals surface area contributed by atoms with Gasteiger partial charge in [-0.2, -0.15) is 13.2 Å². The van der Waals surface area contributed by atoms with Gasteiger partial charge in [-0.1, -0.05) is 26.7 Å². The average Bonchev–Trinajstić information content (AvgIpc) is 2.29. The van der Waals surface area contributed by atoms with Gasteiger partial charge in [0.25, 0.3) is 0 Å². The topological polar surface area (TPSA) is 24.9 Å². The molecule has 1 aromatic rings. The lowest BCUT2D eigenvalue weighted by Gasteiger charge is -2.18. The lowest BCUT2D eigenvalue weighted by molar-refractivity contribution is -0.141. The molecule has 0 radical (unpaired) electrons. The molecule has 2 nitrogen and oxygen atoms in total. The molecule has 102 valence electrons. The van der Waals surface area contributed by atoms with E-state index in [9.17, 15) is 13.2 Å². The van der Waals surface area contributed by atoms with Crippen molar-refractivity contribution in [2.24, 2.45) is 0 Å². The van der Waals surface area contributed by atoms with Gasteiger partial charge < -0.3 is 5.32 Å². The van der Waals surface area contributed by atoms with Crippen LogP contribution in [0, 0.1) is 0 Å². The molecule has 0 saturated heterocycles. The molecule has 1 N–H and O–H groups in total. The summed E-state index contributed by atoms with van der Waals surface area (Å²) in [6.45, 7) is 4.19. The fraction of sp³-hybridized carbons (Fsp3) is 0.615. The van der Waals surface area contributed by atoms with Gasteiger partial charge in [-0.3, -0.25) is 0 Å². The van der Waals surface area contributed by atoms with Gasteiger partial charge in [-0.15, -0.1) is 0 Å². The van der Waals surface area contributed by atoms with E-state index in [-0.39, 0.29) is 0 Å². The lowest BCUT2D eigenvalue weighted by atomic mass is 10.1. The zero-order valence-electron chi connectivity index (χ0n) is 10.7. The fourth-order valence-corrected chi connectivity index (χ4v) is 1.87.